The first-order valence-corrected chi connectivity index (χ1v) is 21.0. The Morgan fingerprint density at radius 2 is 0.953 bits per heavy atom. The highest BCUT2D eigenvalue weighted by Gasteiger charge is 2.26. The van der Waals surface area contributed by atoms with Gasteiger partial charge in [0.2, 0.25) is 0 Å². The largest absolute Gasteiger partial charge is 0.454 e. The van der Waals surface area contributed by atoms with Crippen LogP contribution in [-0.4, -0.2) is 64.1 Å². The number of furan rings is 1. The molecule has 0 atom stereocenters. The van der Waals surface area contributed by atoms with Crippen LogP contribution in [0.25, 0.3) is 110 Å². The Balaban J connectivity index is 1.15. The van der Waals surface area contributed by atoms with Crippen LogP contribution in [0, 0.1) is 0 Å². The second kappa shape index (κ2) is 14.4. The lowest BCUT2D eigenvalue weighted by atomic mass is 9.64. The van der Waals surface area contributed by atoms with Gasteiger partial charge in [-0.1, -0.05) is 149 Å². The van der Waals surface area contributed by atoms with Crippen molar-refractivity contribution in [2.75, 3.05) is 0 Å². The summed E-state index contributed by atoms with van der Waals surface area (Å²) in [6.07, 6.45) is 0. The molecule has 0 saturated carbocycles. The van der Waals surface area contributed by atoms with Crippen molar-refractivity contribution in [2.45, 2.75) is 0 Å². The summed E-state index contributed by atoms with van der Waals surface area (Å²) in [7, 11) is 49.0. The standard InChI is InChI=1S/C54H27B7N2O/c55-45-41(46(56)50(60)52-43(45)44-47(57)48(58)49(59)51(61)53(44)63(52)39-19-10-17-35-34-15-7-8-20-40(34)64-54(35)39)31-23-26-37-36(27-31)42-33(30-13-5-2-6-14-30)16-9-18-38(42)62(37)32-24-21-29(22-25-32)28-11-3-1-4-12-28/h1-27H. The molecule has 0 amide bonds. The van der Waals surface area contributed by atoms with E-state index >= 15 is 0 Å². The lowest BCUT2D eigenvalue weighted by molar-refractivity contribution is 0.666. The third-order valence-corrected chi connectivity index (χ3v) is 12.9. The molecule has 10 heteroatoms. The van der Waals surface area contributed by atoms with E-state index < -0.39 is 0 Å². The van der Waals surface area contributed by atoms with E-state index in [1.807, 2.05) is 65.2 Å². The number of aromatic nitrogens is 2. The molecule has 3 aromatic heterocycles. The molecule has 64 heavy (non-hydrogen) atoms. The number of hydrogen-bond acceptors (Lipinski definition) is 1. The highest BCUT2D eigenvalue weighted by atomic mass is 16.3. The molecule has 3 nitrogen and oxygen atoms in total. The molecule has 0 aliphatic heterocycles. The molecule has 0 aliphatic carbocycles. The van der Waals surface area contributed by atoms with Crippen molar-refractivity contribution < 1.29 is 4.42 Å². The van der Waals surface area contributed by atoms with Gasteiger partial charge in [-0.3, -0.25) is 0 Å². The van der Waals surface area contributed by atoms with Crippen molar-refractivity contribution in [3.05, 3.63) is 164 Å². The molecule has 9 aromatic carbocycles. The summed E-state index contributed by atoms with van der Waals surface area (Å²) in [5, 5.41) is 5.02. The monoisotopic (exact) mass is 796 g/mol. The molecule has 0 spiro atoms. The Morgan fingerprint density at radius 1 is 0.359 bits per heavy atom. The van der Waals surface area contributed by atoms with Gasteiger partial charge in [0.1, 0.15) is 60.5 Å². The van der Waals surface area contributed by atoms with Crippen LogP contribution >= 0.6 is 0 Å². The molecule has 14 radical (unpaired) electrons. The van der Waals surface area contributed by atoms with Crippen molar-refractivity contribution in [1.29, 1.82) is 0 Å². The third kappa shape index (κ3) is 5.45. The molecule has 3 heterocycles. The van der Waals surface area contributed by atoms with E-state index in [1.54, 1.807) is 0 Å². The van der Waals surface area contributed by atoms with E-state index in [0.717, 1.165) is 71.7 Å². The molecule has 0 N–H and O–H groups in total. The van der Waals surface area contributed by atoms with Crippen LogP contribution in [0.5, 0.6) is 0 Å². The zero-order chi connectivity index (χ0) is 43.5. The van der Waals surface area contributed by atoms with Gasteiger partial charge < -0.3 is 13.6 Å². The Bertz CT molecular complexity index is 3910. The van der Waals surface area contributed by atoms with Crippen LogP contribution in [0.15, 0.2) is 168 Å². The number of para-hydroxylation sites is 2. The molecule has 12 rings (SSSR count). The molecule has 0 bridgehead atoms. The molecule has 0 fully saturated rings. The van der Waals surface area contributed by atoms with E-state index in [0.29, 0.717) is 49.6 Å². The van der Waals surface area contributed by atoms with E-state index in [9.17, 15) is 0 Å². The van der Waals surface area contributed by atoms with Crippen molar-refractivity contribution >= 4 is 159 Å². The topological polar surface area (TPSA) is 23.0 Å². The summed E-state index contributed by atoms with van der Waals surface area (Å²) in [5.41, 5.74) is 13.6. The predicted octanol–water partition coefficient (Wildman–Crippen LogP) is 6.34. The number of nitrogens with zero attached hydrogens (tertiary/aromatic N) is 2. The summed E-state index contributed by atoms with van der Waals surface area (Å²) in [6.45, 7) is 0. The Labute approximate surface area is 379 Å². The van der Waals surface area contributed by atoms with Gasteiger partial charge in [0.25, 0.3) is 0 Å². The minimum absolute atomic E-state index is 0.154. The molecule has 280 valence electrons. The highest BCUT2D eigenvalue weighted by molar-refractivity contribution is 6.69. The van der Waals surface area contributed by atoms with Crippen LogP contribution in [0.2, 0.25) is 0 Å². The molecular formula is C54H27B7N2O. The van der Waals surface area contributed by atoms with E-state index in [-0.39, 0.29) is 27.3 Å². The SMILES string of the molecule is [B]c1c([B])c([B])c2c(c1[B])c1c([B])c(-c3ccc4c(c3)c3c(-c5ccccc5)cccc3n4-c3ccc(-c4ccccc4)cc3)c([B])c([B])c1n2-c1cccc2c1oc1ccccc12. The van der Waals surface area contributed by atoms with Gasteiger partial charge in [-0.15, -0.1) is 10.9 Å². The first-order chi connectivity index (χ1) is 31.2. The van der Waals surface area contributed by atoms with Gasteiger partial charge in [0, 0.05) is 43.7 Å². The number of benzene rings is 9. The summed E-state index contributed by atoms with van der Waals surface area (Å²) < 4.78 is 10.8. The van der Waals surface area contributed by atoms with Crippen LogP contribution in [0.1, 0.15) is 0 Å². The predicted molar refractivity (Wildman–Crippen MR) is 276 cm³/mol. The van der Waals surface area contributed by atoms with Crippen LogP contribution in [-0.2, 0) is 0 Å². The third-order valence-electron chi connectivity index (χ3n) is 12.9. The first kappa shape index (κ1) is 38.5. The second-order valence-corrected chi connectivity index (χ2v) is 16.4. The lowest BCUT2D eigenvalue weighted by Gasteiger charge is -2.19. The smallest absolute Gasteiger partial charge is 0.159 e. The maximum Gasteiger partial charge on any atom is 0.159 e. The van der Waals surface area contributed by atoms with Crippen molar-refractivity contribution in [3.8, 4) is 44.8 Å². The van der Waals surface area contributed by atoms with Gasteiger partial charge in [0.15, 0.2) is 5.58 Å². The molecular weight excluding hydrogens is 768 g/mol. The van der Waals surface area contributed by atoms with Gasteiger partial charge in [-0.05, 0) is 81.2 Å². The second-order valence-electron chi connectivity index (χ2n) is 16.4. The van der Waals surface area contributed by atoms with E-state index in [1.165, 1.54) is 0 Å². The van der Waals surface area contributed by atoms with Gasteiger partial charge in [-0.2, -0.15) is 0 Å². The van der Waals surface area contributed by atoms with Gasteiger partial charge >= 0.3 is 0 Å². The van der Waals surface area contributed by atoms with Crippen LogP contribution in [0.3, 0.4) is 0 Å². The van der Waals surface area contributed by atoms with Crippen molar-refractivity contribution in [2.24, 2.45) is 0 Å². The fourth-order valence-corrected chi connectivity index (χ4v) is 9.95. The molecule has 0 unspecified atom stereocenters. The number of rotatable bonds is 5. The minimum atomic E-state index is 0.154. The molecule has 0 saturated heterocycles. The quantitative estimate of drug-likeness (QED) is 0.187. The zero-order valence-electron chi connectivity index (χ0n) is 34.4. The maximum absolute atomic E-state index is 7.45. The average Bonchev–Trinajstić information content (AvgIpc) is 4.01. The van der Waals surface area contributed by atoms with E-state index in [4.69, 9.17) is 59.3 Å². The zero-order valence-corrected chi connectivity index (χ0v) is 34.4. The Kier molecular flexibility index (Phi) is 8.69. The number of hydrogen-bond donors (Lipinski definition) is 0. The summed E-state index contributed by atoms with van der Waals surface area (Å²) >= 11 is 0. The van der Waals surface area contributed by atoms with Crippen LogP contribution < -0.4 is 38.2 Å². The van der Waals surface area contributed by atoms with Crippen molar-refractivity contribution in [1.82, 2.24) is 9.13 Å². The van der Waals surface area contributed by atoms with E-state index in [2.05, 4.69) is 108 Å². The lowest BCUT2D eigenvalue weighted by Crippen LogP contribution is -2.48. The summed E-state index contributed by atoms with van der Waals surface area (Å²) in [5.74, 6) is 0. The summed E-state index contributed by atoms with van der Waals surface area (Å²) in [4.78, 5) is 0. The van der Waals surface area contributed by atoms with Gasteiger partial charge in [-0.25, -0.2) is 0 Å². The molecule has 12 aromatic rings. The minimum Gasteiger partial charge on any atom is -0.454 e. The fourth-order valence-electron chi connectivity index (χ4n) is 9.95. The fraction of sp³-hybridized carbons (Fsp3) is 0. The normalized spacial score (nSPS) is 11.9. The number of fused-ring (bicyclic) bond motifs is 9. The van der Waals surface area contributed by atoms with Gasteiger partial charge in [0.05, 0.1) is 16.7 Å². The highest BCUT2D eigenvalue weighted by Crippen LogP contribution is 2.41. The summed E-state index contributed by atoms with van der Waals surface area (Å²) in [6, 6.07) is 56.1. The molecule has 0 aliphatic rings. The average molecular weight is 796 g/mol. The Morgan fingerprint density at radius 3 is 1.70 bits per heavy atom. The maximum atomic E-state index is 7.45. The first-order valence-electron chi connectivity index (χ1n) is 21.0. The Hall–Kier alpha value is -7.17. The van der Waals surface area contributed by atoms with Crippen LogP contribution in [0.4, 0.5) is 0 Å². The van der Waals surface area contributed by atoms with Crippen molar-refractivity contribution in [3.63, 3.8) is 0 Å².